The van der Waals surface area contributed by atoms with Crippen molar-refractivity contribution in [1.29, 1.82) is 0 Å². The van der Waals surface area contributed by atoms with Gasteiger partial charge in [-0.1, -0.05) is 30.7 Å². The summed E-state index contributed by atoms with van der Waals surface area (Å²) in [7, 11) is 0. The van der Waals surface area contributed by atoms with Gasteiger partial charge in [0, 0.05) is 17.6 Å². The van der Waals surface area contributed by atoms with Gasteiger partial charge in [-0.25, -0.2) is 4.39 Å². The van der Waals surface area contributed by atoms with Crippen LogP contribution in [0.1, 0.15) is 32.8 Å². The lowest BCUT2D eigenvalue weighted by molar-refractivity contribution is -0.142. The molecule has 0 spiro atoms. The number of benzene rings is 2. The van der Waals surface area contributed by atoms with Gasteiger partial charge < -0.3 is 15.0 Å². The predicted octanol–water partition coefficient (Wildman–Crippen LogP) is 4.95. The van der Waals surface area contributed by atoms with Crippen LogP contribution in [0.15, 0.2) is 46.9 Å². The smallest absolute Gasteiger partial charge is 0.261 e. The van der Waals surface area contributed by atoms with E-state index in [2.05, 4.69) is 21.2 Å². The third kappa shape index (κ3) is 6.99. The van der Waals surface area contributed by atoms with Gasteiger partial charge in [0.15, 0.2) is 6.61 Å². The predicted molar refractivity (Wildman–Crippen MR) is 119 cm³/mol. The third-order valence-corrected chi connectivity index (χ3v) is 5.53. The van der Waals surface area contributed by atoms with Crippen LogP contribution in [0.25, 0.3) is 0 Å². The molecule has 0 fully saturated rings. The number of nitrogens with zero attached hydrogens (tertiary/aromatic N) is 1. The highest BCUT2D eigenvalue weighted by molar-refractivity contribution is 9.10. The molecule has 0 aliphatic heterocycles. The number of carbonyl (C=O) groups excluding carboxylic acids is 2. The molecule has 0 heterocycles. The van der Waals surface area contributed by atoms with Gasteiger partial charge in [-0.05, 0) is 72.1 Å². The van der Waals surface area contributed by atoms with Crippen LogP contribution in [-0.4, -0.2) is 35.4 Å². The van der Waals surface area contributed by atoms with Crippen molar-refractivity contribution in [3.05, 3.63) is 63.3 Å². The number of rotatable bonds is 9. The van der Waals surface area contributed by atoms with Crippen LogP contribution in [0.4, 0.5) is 4.39 Å². The minimum atomic E-state index is -0.728. The van der Waals surface area contributed by atoms with Crippen LogP contribution in [-0.2, 0) is 16.1 Å². The highest BCUT2D eigenvalue weighted by Gasteiger charge is 2.27. The minimum Gasteiger partial charge on any atom is -0.483 e. The molecule has 0 bridgehead atoms. The summed E-state index contributed by atoms with van der Waals surface area (Å²) >= 11 is 9.28. The summed E-state index contributed by atoms with van der Waals surface area (Å²) in [6.07, 6.45) is 0.776. The molecule has 2 aromatic rings. The second kappa shape index (κ2) is 11.3. The summed E-state index contributed by atoms with van der Waals surface area (Å²) < 4.78 is 19.5. The fourth-order valence-corrected chi connectivity index (χ4v) is 3.45. The van der Waals surface area contributed by atoms with Crippen LogP contribution in [0.5, 0.6) is 5.75 Å². The highest BCUT2D eigenvalue weighted by atomic mass is 79.9. The maximum Gasteiger partial charge on any atom is 0.261 e. The molecule has 2 amide bonds. The van der Waals surface area contributed by atoms with Gasteiger partial charge in [0.05, 0.1) is 4.47 Å². The van der Waals surface area contributed by atoms with E-state index < -0.39 is 6.04 Å². The molecule has 5 nitrogen and oxygen atoms in total. The Morgan fingerprint density at radius 3 is 2.47 bits per heavy atom. The molecule has 30 heavy (non-hydrogen) atoms. The number of hydrogen-bond donors (Lipinski definition) is 1. The Bertz CT molecular complexity index is 879. The van der Waals surface area contributed by atoms with E-state index in [9.17, 15) is 14.0 Å². The maximum absolute atomic E-state index is 13.2. The molecule has 162 valence electrons. The molecule has 2 rings (SSSR count). The first-order valence-corrected chi connectivity index (χ1v) is 10.8. The number of hydrogen-bond acceptors (Lipinski definition) is 3. The van der Waals surface area contributed by atoms with Crippen molar-refractivity contribution < 1.29 is 18.7 Å². The molecule has 0 radical (unpaired) electrons. The fraction of sp³-hybridized carbons (Fsp3) is 0.364. The molecule has 2 atom stereocenters. The van der Waals surface area contributed by atoms with Crippen LogP contribution >= 0.6 is 27.5 Å². The van der Waals surface area contributed by atoms with Crippen molar-refractivity contribution in [3.63, 3.8) is 0 Å². The summed E-state index contributed by atoms with van der Waals surface area (Å²) in [5.41, 5.74) is 0.709. The van der Waals surface area contributed by atoms with Crippen LogP contribution in [0.2, 0.25) is 5.02 Å². The van der Waals surface area contributed by atoms with Crippen molar-refractivity contribution in [2.24, 2.45) is 0 Å². The zero-order chi connectivity index (χ0) is 22.3. The van der Waals surface area contributed by atoms with Crippen molar-refractivity contribution in [2.45, 2.75) is 45.8 Å². The summed E-state index contributed by atoms with van der Waals surface area (Å²) in [5.74, 6) is -0.526. The monoisotopic (exact) mass is 498 g/mol. The van der Waals surface area contributed by atoms with Crippen molar-refractivity contribution in [3.8, 4) is 5.75 Å². The van der Waals surface area contributed by atoms with Crippen LogP contribution in [0, 0.1) is 5.82 Å². The van der Waals surface area contributed by atoms with E-state index in [0.29, 0.717) is 20.8 Å². The van der Waals surface area contributed by atoms with Gasteiger partial charge in [-0.3, -0.25) is 9.59 Å². The molecule has 0 saturated carbocycles. The van der Waals surface area contributed by atoms with Crippen molar-refractivity contribution in [2.75, 3.05) is 6.61 Å². The van der Waals surface area contributed by atoms with Gasteiger partial charge >= 0.3 is 0 Å². The summed E-state index contributed by atoms with van der Waals surface area (Å²) in [6.45, 7) is 5.42. The van der Waals surface area contributed by atoms with Crippen molar-refractivity contribution in [1.82, 2.24) is 10.2 Å². The number of ether oxygens (including phenoxy) is 1. The largest absolute Gasteiger partial charge is 0.483 e. The molecule has 8 heteroatoms. The SMILES string of the molecule is CC[C@H](C)NC(=O)[C@@H](C)N(Cc1ccc(F)cc1)C(=O)COc1ccc(Cl)cc1Br. The Kier molecular flexibility index (Phi) is 9.11. The zero-order valence-corrected chi connectivity index (χ0v) is 19.5. The molecule has 0 aliphatic carbocycles. The Labute approximate surface area is 189 Å². The van der Waals surface area contributed by atoms with Crippen LogP contribution < -0.4 is 10.1 Å². The van der Waals surface area contributed by atoms with Gasteiger partial charge in [0.2, 0.25) is 5.91 Å². The van der Waals surface area contributed by atoms with E-state index in [1.54, 1.807) is 37.3 Å². The first kappa shape index (κ1) is 24.2. The minimum absolute atomic E-state index is 0.0102. The summed E-state index contributed by atoms with van der Waals surface area (Å²) in [5, 5.41) is 3.43. The van der Waals surface area contributed by atoms with E-state index in [0.717, 1.165) is 6.42 Å². The second-order valence-corrected chi connectivity index (χ2v) is 8.30. The lowest BCUT2D eigenvalue weighted by atomic mass is 10.1. The maximum atomic E-state index is 13.2. The quantitative estimate of drug-likeness (QED) is 0.531. The van der Waals surface area contributed by atoms with E-state index in [4.69, 9.17) is 16.3 Å². The first-order valence-electron chi connectivity index (χ1n) is 9.63. The number of amides is 2. The van der Waals surface area contributed by atoms with Crippen molar-refractivity contribution >= 4 is 39.3 Å². The van der Waals surface area contributed by atoms with Gasteiger partial charge in [0.25, 0.3) is 5.91 Å². The molecule has 1 N–H and O–H groups in total. The molecule has 0 aliphatic rings. The second-order valence-electron chi connectivity index (χ2n) is 7.01. The molecule has 0 unspecified atom stereocenters. The average molecular weight is 500 g/mol. The Balaban J connectivity index is 2.16. The molecule has 2 aromatic carbocycles. The molecule has 0 saturated heterocycles. The summed E-state index contributed by atoms with van der Waals surface area (Å²) in [6, 6.07) is 10.1. The Morgan fingerprint density at radius 1 is 1.20 bits per heavy atom. The lowest BCUT2D eigenvalue weighted by Crippen LogP contribution is -2.50. The summed E-state index contributed by atoms with van der Waals surface area (Å²) in [4.78, 5) is 27.0. The average Bonchev–Trinajstić information content (AvgIpc) is 2.71. The Morgan fingerprint density at radius 2 is 1.87 bits per heavy atom. The lowest BCUT2D eigenvalue weighted by Gasteiger charge is -2.29. The fourth-order valence-electron chi connectivity index (χ4n) is 2.65. The van der Waals surface area contributed by atoms with E-state index in [1.165, 1.54) is 17.0 Å². The van der Waals surface area contributed by atoms with Gasteiger partial charge in [0.1, 0.15) is 17.6 Å². The topological polar surface area (TPSA) is 58.6 Å². The highest BCUT2D eigenvalue weighted by Crippen LogP contribution is 2.28. The molecular weight excluding hydrogens is 475 g/mol. The van der Waals surface area contributed by atoms with Gasteiger partial charge in [-0.2, -0.15) is 0 Å². The first-order chi connectivity index (χ1) is 14.2. The number of nitrogens with one attached hydrogen (secondary N) is 1. The Hall–Kier alpha value is -2.12. The third-order valence-electron chi connectivity index (χ3n) is 4.68. The zero-order valence-electron chi connectivity index (χ0n) is 17.1. The normalized spacial score (nSPS) is 12.7. The van der Waals surface area contributed by atoms with E-state index in [-0.39, 0.29) is 36.8 Å². The number of carbonyl (C=O) groups is 2. The van der Waals surface area contributed by atoms with E-state index in [1.807, 2.05) is 13.8 Å². The van der Waals surface area contributed by atoms with Crippen LogP contribution in [0.3, 0.4) is 0 Å². The molecular formula is C22H25BrClFN2O3. The molecule has 0 aromatic heterocycles. The standard InChI is InChI=1S/C22H25BrClFN2O3/c1-4-14(2)26-22(29)15(3)27(12-16-5-8-18(25)9-6-16)21(28)13-30-20-10-7-17(24)11-19(20)23/h5-11,14-15H,4,12-13H2,1-3H3,(H,26,29)/t14-,15+/m0/s1. The van der Waals surface area contributed by atoms with Gasteiger partial charge in [-0.15, -0.1) is 0 Å². The number of halogens is 3. The van der Waals surface area contributed by atoms with E-state index >= 15 is 0 Å².